The van der Waals surface area contributed by atoms with Crippen LogP contribution in [0.15, 0.2) is 4.99 Å². The van der Waals surface area contributed by atoms with Crippen molar-refractivity contribution in [1.29, 1.82) is 0 Å². The monoisotopic (exact) mass is 363 g/mol. The summed E-state index contributed by atoms with van der Waals surface area (Å²) < 4.78 is 21.7. The quantitative estimate of drug-likeness (QED) is 0.423. The fraction of sp³-hybridized carbons (Fsp3) is 0.889. The van der Waals surface area contributed by atoms with Crippen molar-refractivity contribution >= 4 is 39.8 Å². The Morgan fingerprint density at radius 2 is 1.88 bits per heavy atom. The standard InChI is InChI=1S/C9H21N3O2S.HI/c1-8(2)7-12-9(10-3)11-5-6-15(4,13)14;/h8H,5-7H2,1-4H3,(H2,10,11,12);1H. The van der Waals surface area contributed by atoms with E-state index in [0.29, 0.717) is 18.4 Å². The van der Waals surface area contributed by atoms with E-state index in [2.05, 4.69) is 29.5 Å². The summed E-state index contributed by atoms with van der Waals surface area (Å²) in [5.74, 6) is 1.29. The van der Waals surface area contributed by atoms with Gasteiger partial charge in [0.1, 0.15) is 9.84 Å². The first-order valence-electron chi connectivity index (χ1n) is 4.97. The Kier molecular flexibility index (Phi) is 10.3. The van der Waals surface area contributed by atoms with Crippen LogP contribution in [0.1, 0.15) is 13.8 Å². The van der Waals surface area contributed by atoms with Crippen molar-refractivity contribution in [2.45, 2.75) is 13.8 Å². The number of hydrogen-bond acceptors (Lipinski definition) is 3. The molecule has 0 radical (unpaired) electrons. The van der Waals surface area contributed by atoms with Crippen LogP contribution < -0.4 is 10.6 Å². The summed E-state index contributed by atoms with van der Waals surface area (Å²) in [6.07, 6.45) is 1.22. The van der Waals surface area contributed by atoms with Crippen molar-refractivity contribution in [2.24, 2.45) is 10.9 Å². The van der Waals surface area contributed by atoms with Gasteiger partial charge in [0, 0.05) is 26.4 Å². The van der Waals surface area contributed by atoms with Crippen LogP contribution in [0, 0.1) is 5.92 Å². The minimum Gasteiger partial charge on any atom is -0.356 e. The van der Waals surface area contributed by atoms with E-state index in [1.807, 2.05) is 0 Å². The first kappa shape index (κ1) is 18.3. The summed E-state index contributed by atoms with van der Waals surface area (Å²) in [7, 11) is -1.24. The van der Waals surface area contributed by atoms with E-state index in [1.165, 1.54) is 6.26 Å². The van der Waals surface area contributed by atoms with Crippen molar-refractivity contribution in [3.8, 4) is 0 Å². The highest BCUT2D eigenvalue weighted by atomic mass is 127. The molecule has 16 heavy (non-hydrogen) atoms. The Morgan fingerprint density at radius 3 is 2.25 bits per heavy atom. The molecule has 0 fully saturated rings. The van der Waals surface area contributed by atoms with E-state index in [1.54, 1.807) is 7.05 Å². The molecule has 0 bridgehead atoms. The van der Waals surface area contributed by atoms with Gasteiger partial charge >= 0.3 is 0 Å². The molecule has 0 saturated carbocycles. The number of rotatable bonds is 5. The molecular weight excluding hydrogens is 341 g/mol. The van der Waals surface area contributed by atoms with E-state index < -0.39 is 9.84 Å². The largest absolute Gasteiger partial charge is 0.356 e. The van der Waals surface area contributed by atoms with E-state index in [-0.39, 0.29) is 29.7 Å². The molecule has 98 valence electrons. The van der Waals surface area contributed by atoms with Crippen molar-refractivity contribution in [1.82, 2.24) is 10.6 Å². The van der Waals surface area contributed by atoms with Crippen molar-refractivity contribution in [3.05, 3.63) is 0 Å². The van der Waals surface area contributed by atoms with Gasteiger partial charge in [-0.2, -0.15) is 0 Å². The number of nitrogens with zero attached hydrogens (tertiary/aromatic N) is 1. The van der Waals surface area contributed by atoms with Crippen molar-refractivity contribution in [3.63, 3.8) is 0 Å². The molecule has 0 aliphatic heterocycles. The zero-order valence-corrected chi connectivity index (χ0v) is 13.4. The summed E-state index contributed by atoms with van der Waals surface area (Å²) >= 11 is 0. The van der Waals surface area contributed by atoms with E-state index >= 15 is 0 Å². The molecule has 0 unspecified atom stereocenters. The molecular formula is C9H22IN3O2S. The van der Waals surface area contributed by atoms with Gasteiger partial charge in [0.25, 0.3) is 0 Å². The van der Waals surface area contributed by atoms with Crippen molar-refractivity contribution in [2.75, 3.05) is 32.1 Å². The minimum absolute atomic E-state index is 0. The third kappa shape index (κ3) is 12.0. The van der Waals surface area contributed by atoms with Gasteiger partial charge in [0.2, 0.25) is 0 Å². The maximum atomic E-state index is 10.9. The minimum atomic E-state index is -2.90. The predicted octanol–water partition coefficient (Wildman–Crippen LogP) is 0.470. The summed E-state index contributed by atoms with van der Waals surface area (Å²) in [6, 6.07) is 0. The first-order valence-corrected chi connectivity index (χ1v) is 7.03. The molecule has 7 heteroatoms. The summed E-state index contributed by atoms with van der Waals surface area (Å²) in [4.78, 5) is 3.98. The van der Waals surface area contributed by atoms with Gasteiger partial charge < -0.3 is 10.6 Å². The number of hydrogen-bond donors (Lipinski definition) is 2. The Bertz CT molecular complexity index is 302. The zero-order chi connectivity index (χ0) is 11.9. The van der Waals surface area contributed by atoms with Gasteiger partial charge in [0.15, 0.2) is 5.96 Å². The second kappa shape index (κ2) is 9.03. The molecule has 0 heterocycles. The van der Waals surface area contributed by atoms with E-state index in [9.17, 15) is 8.42 Å². The molecule has 0 aliphatic rings. The highest BCUT2D eigenvalue weighted by molar-refractivity contribution is 14.0. The van der Waals surface area contributed by atoms with Crippen LogP contribution in [-0.2, 0) is 9.84 Å². The fourth-order valence-electron chi connectivity index (χ4n) is 0.876. The maximum Gasteiger partial charge on any atom is 0.191 e. The van der Waals surface area contributed by atoms with Gasteiger partial charge in [-0.3, -0.25) is 4.99 Å². The molecule has 5 nitrogen and oxygen atoms in total. The predicted molar refractivity (Wildman–Crippen MR) is 79.3 cm³/mol. The van der Waals surface area contributed by atoms with Gasteiger partial charge in [0.05, 0.1) is 5.75 Å². The average Bonchev–Trinajstić information content (AvgIpc) is 2.08. The average molecular weight is 363 g/mol. The third-order valence-corrected chi connectivity index (χ3v) is 2.61. The Morgan fingerprint density at radius 1 is 1.31 bits per heavy atom. The SMILES string of the molecule is CN=C(NCCS(C)(=O)=O)NCC(C)C.I. The fourth-order valence-corrected chi connectivity index (χ4v) is 1.35. The number of guanidine groups is 1. The molecule has 0 rings (SSSR count). The number of sulfone groups is 1. The van der Waals surface area contributed by atoms with Crippen LogP contribution in [0.5, 0.6) is 0 Å². The van der Waals surface area contributed by atoms with Crippen molar-refractivity contribution < 1.29 is 8.42 Å². The smallest absolute Gasteiger partial charge is 0.191 e. The van der Waals surface area contributed by atoms with Crippen LogP contribution in [0.25, 0.3) is 0 Å². The van der Waals surface area contributed by atoms with Crippen LogP contribution in [0.4, 0.5) is 0 Å². The maximum absolute atomic E-state index is 10.9. The van der Waals surface area contributed by atoms with Gasteiger partial charge in [-0.05, 0) is 5.92 Å². The number of halogens is 1. The van der Waals surface area contributed by atoms with E-state index in [0.717, 1.165) is 6.54 Å². The molecule has 0 aromatic heterocycles. The summed E-state index contributed by atoms with van der Waals surface area (Å²) in [5.41, 5.74) is 0. The third-order valence-electron chi connectivity index (χ3n) is 1.67. The van der Waals surface area contributed by atoms with Crippen LogP contribution in [0.2, 0.25) is 0 Å². The molecule has 2 N–H and O–H groups in total. The highest BCUT2D eigenvalue weighted by Gasteiger charge is 2.03. The molecule has 0 amide bonds. The molecule has 0 saturated heterocycles. The topological polar surface area (TPSA) is 70.6 Å². The lowest BCUT2D eigenvalue weighted by molar-refractivity contribution is 0.598. The highest BCUT2D eigenvalue weighted by Crippen LogP contribution is 1.86. The summed E-state index contributed by atoms with van der Waals surface area (Å²) in [6.45, 7) is 5.39. The Balaban J connectivity index is 0. The molecule has 0 aromatic rings. The lowest BCUT2D eigenvalue weighted by atomic mass is 10.2. The number of nitrogens with one attached hydrogen (secondary N) is 2. The molecule has 0 aromatic carbocycles. The molecule has 0 spiro atoms. The zero-order valence-electron chi connectivity index (χ0n) is 10.3. The number of aliphatic imine (C=N–C) groups is 1. The van der Waals surface area contributed by atoms with Gasteiger partial charge in [-0.15, -0.1) is 24.0 Å². The van der Waals surface area contributed by atoms with Crippen LogP contribution >= 0.6 is 24.0 Å². The first-order chi connectivity index (χ1) is 6.85. The van der Waals surface area contributed by atoms with Gasteiger partial charge in [-0.25, -0.2) is 8.42 Å². The summed E-state index contributed by atoms with van der Waals surface area (Å²) in [5, 5.41) is 6.04. The molecule has 0 aliphatic carbocycles. The second-order valence-electron chi connectivity index (χ2n) is 3.90. The Hall–Kier alpha value is -0.0500. The normalized spacial score (nSPS) is 12.2. The second-order valence-corrected chi connectivity index (χ2v) is 6.16. The van der Waals surface area contributed by atoms with Crippen LogP contribution in [0.3, 0.4) is 0 Å². The lowest BCUT2D eigenvalue weighted by Gasteiger charge is -2.12. The lowest BCUT2D eigenvalue weighted by Crippen LogP contribution is -2.40. The molecule has 0 atom stereocenters. The Labute approximate surface area is 115 Å². The van der Waals surface area contributed by atoms with Crippen LogP contribution in [-0.4, -0.2) is 46.5 Å². The van der Waals surface area contributed by atoms with E-state index in [4.69, 9.17) is 0 Å². The van der Waals surface area contributed by atoms with Gasteiger partial charge in [-0.1, -0.05) is 13.8 Å².